The molecule has 0 bridgehead atoms. The van der Waals surface area contributed by atoms with Crippen molar-refractivity contribution in [2.45, 2.75) is 6.61 Å². The number of benzene rings is 3. The van der Waals surface area contributed by atoms with Gasteiger partial charge in [-0.1, -0.05) is 66.7 Å². The number of ketones is 1. The Morgan fingerprint density at radius 2 is 1.35 bits per heavy atom. The summed E-state index contributed by atoms with van der Waals surface area (Å²) in [5, 5.41) is 0. The van der Waals surface area contributed by atoms with Crippen LogP contribution in [-0.2, 0) is 11.3 Å². The lowest BCUT2D eigenvalue weighted by molar-refractivity contribution is 0.0472. The molecule has 3 aromatic carbocycles. The smallest absolute Gasteiger partial charge is 0.338 e. The quantitative estimate of drug-likeness (QED) is 0.473. The molecule has 0 saturated heterocycles. The molecule has 4 nitrogen and oxygen atoms in total. The second-order valence-corrected chi connectivity index (χ2v) is 5.62. The Bertz CT molecular complexity index is 873. The Labute approximate surface area is 152 Å². The molecule has 0 radical (unpaired) electrons. The van der Waals surface area contributed by atoms with Crippen LogP contribution in [0, 0.1) is 0 Å². The van der Waals surface area contributed by atoms with E-state index in [0.29, 0.717) is 16.7 Å². The molecule has 0 aliphatic heterocycles. The van der Waals surface area contributed by atoms with Crippen LogP contribution in [0.5, 0.6) is 5.75 Å². The normalized spacial score (nSPS) is 10.2. The summed E-state index contributed by atoms with van der Waals surface area (Å²) in [5.74, 6) is -0.0616. The van der Waals surface area contributed by atoms with E-state index in [4.69, 9.17) is 9.47 Å². The molecular formula is C22H18O4. The number of para-hydroxylation sites is 1. The minimum atomic E-state index is -0.540. The van der Waals surface area contributed by atoms with Gasteiger partial charge in [0, 0.05) is 11.1 Å². The van der Waals surface area contributed by atoms with Crippen LogP contribution in [0.1, 0.15) is 26.3 Å². The van der Waals surface area contributed by atoms with Crippen LogP contribution in [0.25, 0.3) is 0 Å². The number of rotatable bonds is 7. The molecule has 0 fully saturated rings. The first-order valence-electron chi connectivity index (χ1n) is 8.25. The van der Waals surface area contributed by atoms with E-state index in [1.54, 1.807) is 42.5 Å². The summed E-state index contributed by atoms with van der Waals surface area (Å²) in [5.41, 5.74) is 1.61. The van der Waals surface area contributed by atoms with Gasteiger partial charge in [0.25, 0.3) is 0 Å². The number of carbonyl (C=O) groups excluding carboxylic acids is 2. The summed E-state index contributed by atoms with van der Waals surface area (Å²) in [6.45, 7) is -0.0569. The second-order valence-electron chi connectivity index (χ2n) is 5.62. The molecule has 4 heteroatoms. The number of ether oxygens (including phenoxy) is 2. The Morgan fingerprint density at radius 3 is 2.08 bits per heavy atom. The van der Waals surface area contributed by atoms with Gasteiger partial charge in [0.1, 0.15) is 12.4 Å². The fourth-order valence-electron chi connectivity index (χ4n) is 2.44. The lowest BCUT2D eigenvalue weighted by atomic mass is 10.1. The maximum Gasteiger partial charge on any atom is 0.338 e. The monoisotopic (exact) mass is 346 g/mol. The molecular weight excluding hydrogens is 328 g/mol. The molecule has 0 aromatic heterocycles. The van der Waals surface area contributed by atoms with Crippen LogP contribution in [0.15, 0.2) is 84.9 Å². The van der Waals surface area contributed by atoms with Gasteiger partial charge in [0.2, 0.25) is 0 Å². The van der Waals surface area contributed by atoms with Crippen molar-refractivity contribution in [3.8, 4) is 5.75 Å². The maximum atomic E-state index is 12.4. The molecule has 0 N–H and O–H groups in total. The zero-order valence-corrected chi connectivity index (χ0v) is 14.1. The molecule has 0 aliphatic rings. The van der Waals surface area contributed by atoms with Crippen molar-refractivity contribution >= 4 is 11.8 Å². The lowest BCUT2D eigenvalue weighted by Gasteiger charge is -2.11. The zero-order valence-electron chi connectivity index (χ0n) is 14.1. The first kappa shape index (κ1) is 17.4. The first-order valence-corrected chi connectivity index (χ1v) is 8.25. The van der Waals surface area contributed by atoms with Crippen molar-refractivity contribution in [1.29, 1.82) is 0 Å². The van der Waals surface area contributed by atoms with Crippen molar-refractivity contribution < 1.29 is 19.1 Å². The standard InChI is InChI=1S/C22H18O4/c23-21(17-9-3-1-4-10-17)16-26-22(24)20-14-8-7-11-18(20)15-25-19-12-5-2-6-13-19/h1-14H,15-16H2. The van der Waals surface area contributed by atoms with E-state index in [2.05, 4.69) is 0 Å². The zero-order chi connectivity index (χ0) is 18.2. The van der Waals surface area contributed by atoms with Gasteiger partial charge < -0.3 is 9.47 Å². The van der Waals surface area contributed by atoms with Crippen molar-refractivity contribution in [3.63, 3.8) is 0 Å². The number of esters is 1. The number of Topliss-reactive ketones (excluding diaryl/α,β-unsaturated/α-hetero) is 1. The largest absolute Gasteiger partial charge is 0.489 e. The predicted octanol–water partition coefficient (Wildman–Crippen LogP) is 4.31. The molecule has 0 unspecified atom stereocenters. The molecule has 0 atom stereocenters. The first-order chi connectivity index (χ1) is 12.7. The van der Waals surface area contributed by atoms with Crippen molar-refractivity contribution in [2.24, 2.45) is 0 Å². The Balaban J connectivity index is 1.63. The molecule has 0 heterocycles. The third kappa shape index (κ3) is 4.57. The van der Waals surface area contributed by atoms with Gasteiger partial charge in [-0.3, -0.25) is 4.79 Å². The molecule has 0 saturated carbocycles. The van der Waals surface area contributed by atoms with Crippen molar-refractivity contribution in [2.75, 3.05) is 6.61 Å². The van der Waals surface area contributed by atoms with E-state index in [9.17, 15) is 9.59 Å². The lowest BCUT2D eigenvalue weighted by Crippen LogP contribution is -2.16. The van der Waals surface area contributed by atoms with Crippen molar-refractivity contribution in [3.05, 3.63) is 102 Å². The molecule has 3 rings (SSSR count). The molecule has 0 amide bonds. The second kappa shape index (κ2) is 8.62. The van der Waals surface area contributed by atoms with Gasteiger partial charge in [-0.25, -0.2) is 4.79 Å². The van der Waals surface area contributed by atoms with Gasteiger partial charge in [-0.2, -0.15) is 0 Å². The topological polar surface area (TPSA) is 52.6 Å². The predicted molar refractivity (Wildman–Crippen MR) is 98.3 cm³/mol. The van der Waals surface area contributed by atoms with Crippen LogP contribution in [-0.4, -0.2) is 18.4 Å². The van der Waals surface area contributed by atoms with Gasteiger partial charge in [0.05, 0.1) is 5.56 Å². The molecule has 3 aromatic rings. The highest BCUT2D eigenvalue weighted by Gasteiger charge is 2.15. The molecule has 130 valence electrons. The van der Waals surface area contributed by atoms with Gasteiger partial charge >= 0.3 is 5.97 Å². The minimum absolute atomic E-state index is 0.238. The maximum absolute atomic E-state index is 12.4. The highest BCUT2D eigenvalue weighted by molar-refractivity contribution is 5.99. The summed E-state index contributed by atoms with van der Waals surface area (Å²) in [6.07, 6.45) is 0. The van der Waals surface area contributed by atoms with Crippen LogP contribution in [0.3, 0.4) is 0 Å². The number of hydrogen-bond acceptors (Lipinski definition) is 4. The van der Waals surface area contributed by atoms with E-state index in [1.807, 2.05) is 42.5 Å². The minimum Gasteiger partial charge on any atom is -0.489 e. The summed E-state index contributed by atoms with van der Waals surface area (Å²) in [4.78, 5) is 24.5. The third-order valence-corrected chi connectivity index (χ3v) is 3.80. The SMILES string of the molecule is O=C(COC(=O)c1ccccc1COc1ccccc1)c1ccccc1. The highest BCUT2D eigenvalue weighted by Crippen LogP contribution is 2.15. The van der Waals surface area contributed by atoms with Gasteiger partial charge in [0.15, 0.2) is 12.4 Å². The van der Waals surface area contributed by atoms with Gasteiger partial charge in [-0.05, 0) is 18.2 Å². The van der Waals surface area contributed by atoms with Crippen LogP contribution < -0.4 is 4.74 Å². The third-order valence-electron chi connectivity index (χ3n) is 3.80. The average Bonchev–Trinajstić information content (AvgIpc) is 2.72. The molecule has 0 aliphatic carbocycles. The Kier molecular flexibility index (Phi) is 5.78. The number of carbonyl (C=O) groups is 2. The number of hydrogen-bond donors (Lipinski definition) is 0. The summed E-state index contributed by atoms with van der Waals surface area (Å²) < 4.78 is 10.9. The highest BCUT2D eigenvalue weighted by atomic mass is 16.5. The average molecular weight is 346 g/mol. The van der Waals surface area contributed by atoms with E-state index >= 15 is 0 Å². The van der Waals surface area contributed by atoms with Crippen LogP contribution >= 0.6 is 0 Å². The fourth-order valence-corrected chi connectivity index (χ4v) is 2.44. The van der Waals surface area contributed by atoms with Crippen molar-refractivity contribution in [1.82, 2.24) is 0 Å². The molecule has 26 heavy (non-hydrogen) atoms. The van der Waals surface area contributed by atoms with Crippen LogP contribution in [0.4, 0.5) is 0 Å². The van der Waals surface area contributed by atoms with E-state index < -0.39 is 5.97 Å². The van der Waals surface area contributed by atoms with Gasteiger partial charge in [-0.15, -0.1) is 0 Å². The molecule has 0 spiro atoms. The summed E-state index contributed by atoms with van der Waals surface area (Å²) in [7, 11) is 0. The summed E-state index contributed by atoms with van der Waals surface area (Å²) >= 11 is 0. The van der Waals surface area contributed by atoms with Crippen LogP contribution in [0.2, 0.25) is 0 Å². The fraction of sp³-hybridized carbons (Fsp3) is 0.0909. The Hall–Kier alpha value is -3.40. The van der Waals surface area contributed by atoms with E-state index in [1.165, 1.54) is 0 Å². The van der Waals surface area contributed by atoms with E-state index in [0.717, 1.165) is 5.75 Å². The Morgan fingerprint density at radius 1 is 0.731 bits per heavy atom. The summed E-state index contributed by atoms with van der Waals surface area (Å²) in [6, 6.07) is 25.2. The van der Waals surface area contributed by atoms with E-state index in [-0.39, 0.29) is 19.0 Å².